The van der Waals surface area contributed by atoms with Gasteiger partial charge in [0.05, 0.1) is 0 Å². The van der Waals surface area contributed by atoms with Crippen LogP contribution in [0.5, 0.6) is 5.75 Å². The SMILES string of the molecule is Cc1cccc(OCC2(O)CCCN(CCC(N)=O)C2)c1. The highest BCUT2D eigenvalue weighted by Crippen LogP contribution is 2.23. The maximum absolute atomic E-state index is 10.9. The number of benzene rings is 1. The van der Waals surface area contributed by atoms with E-state index in [9.17, 15) is 9.90 Å². The molecule has 1 heterocycles. The van der Waals surface area contributed by atoms with Crippen LogP contribution in [0.25, 0.3) is 0 Å². The molecule has 1 saturated heterocycles. The fourth-order valence-electron chi connectivity index (χ4n) is 2.71. The number of ether oxygens (including phenoxy) is 1. The topological polar surface area (TPSA) is 75.8 Å². The van der Waals surface area contributed by atoms with E-state index in [2.05, 4.69) is 4.90 Å². The lowest BCUT2D eigenvalue weighted by atomic mass is 9.93. The quantitative estimate of drug-likeness (QED) is 0.822. The van der Waals surface area contributed by atoms with E-state index < -0.39 is 5.60 Å². The predicted molar refractivity (Wildman–Crippen MR) is 81.1 cm³/mol. The molecule has 1 fully saturated rings. The second-order valence-electron chi connectivity index (χ2n) is 5.93. The molecule has 1 amide bonds. The summed E-state index contributed by atoms with van der Waals surface area (Å²) in [6.07, 6.45) is 1.94. The van der Waals surface area contributed by atoms with Crippen LogP contribution in [0, 0.1) is 6.92 Å². The Morgan fingerprint density at radius 2 is 2.33 bits per heavy atom. The number of primary amides is 1. The van der Waals surface area contributed by atoms with E-state index in [4.69, 9.17) is 10.5 Å². The van der Waals surface area contributed by atoms with E-state index in [1.165, 1.54) is 0 Å². The van der Waals surface area contributed by atoms with Crippen molar-refractivity contribution in [3.8, 4) is 5.75 Å². The lowest BCUT2D eigenvalue weighted by Crippen LogP contribution is -2.52. The Morgan fingerprint density at radius 3 is 3.05 bits per heavy atom. The molecule has 1 atom stereocenters. The van der Waals surface area contributed by atoms with Crippen LogP contribution in [0.1, 0.15) is 24.8 Å². The third-order valence-corrected chi connectivity index (χ3v) is 3.81. The average molecular weight is 292 g/mol. The summed E-state index contributed by atoms with van der Waals surface area (Å²) >= 11 is 0. The van der Waals surface area contributed by atoms with Gasteiger partial charge in [-0.1, -0.05) is 12.1 Å². The Morgan fingerprint density at radius 1 is 1.52 bits per heavy atom. The summed E-state index contributed by atoms with van der Waals surface area (Å²) in [6, 6.07) is 7.80. The lowest BCUT2D eigenvalue weighted by molar-refractivity contribution is -0.119. The molecule has 0 aromatic heterocycles. The van der Waals surface area contributed by atoms with Crippen LogP contribution in [0.4, 0.5) is 0 Å². The van der Waals surface area contributed by atoms with Gasteiger partial charge in [0.2, 0.25) is 5.91 Å². The second-order valence-corrected chi connectivity index (χ2v) is 5.93. The van der Waals surface area contributed by atoms with Crippen molar-refractivity contribution < 1.29 is 14.6 Å². The van der Waals surface area contributed by atoms with Gasteiger partial charge in [-0.05, 0) is 44.0 Å². The highest BCUT2D eigenvalue weighted by Gasteiger charge is 2.34. The van der Waals surface area contributed by atoms with Crippen LogP contribution < -0.4 is 10.5 Å². The molecule has 0 saturated carbocycles. The molecule has 1 aliphatic rings. The smallest absolute Gasteiger partial charge is 0.218 e. The minimum atomic E-state index is -0.861. The standard InChI is InChI=1S/C16H24N2O3/c1-13-4-2-5-14(10-13)21-12-16(20)7-3-8-18(11-16)9-6-15(17)19/h2,4-5,10,20H,3,6-9,11-12H2,1H3,(H2,17,19). The first-order chi connectivity index (χ1) is 9.97. The van der Waals surface area contributed by atoms with Crippen LogP contribution in [-0.4, -0.2) is 47.8 Å². The van der Waals surface area contributed by atoms with Gasteiger partial charge >= 0.3 is 0 Å². The molecule has 0 radical (unpaired) electrons. The Hall–Kier alpha value is -1.59. The van der Waals surface area contributed by atoms with Crippen LogP contribution in [-0.2, 0) is 4.79 Å². The molecule has 3 N–H and O–H groups in total. The summed E-state index contributed by atoms with van der Waals surface area (Å²) in [5, 5.41) is 10.7. The fourth-order valence-corrected chi connectivity index (χ4v) is 2.71. The van der Waals surface area contributed by atoms with Gasteiger partial charge in [-0.15, -0.1) is 0 Å². The number of carbonyl (C=O) groups excluding carboxylic acids is 1. The van der Waals surface area contributed by atoms with Gasteiger partial charge in [0.1, 0.15) is 18.0 Å². The predicted octanol–water partition coefficient (Wildman–Crippen LogP) is 1.08. The zero-order valence-corrected chi connectivity index (χ0v) is 12.5. The van der Waals surface area contributed by atoms with Crippen molar-refractivity contribution >= 4 is 5.91 Å². The molecule has 5 nitrogen and oxygen atoms in total. The molecule has 0 aliphatic carbocycles. The first-order valence-electron chi connectivity index (χ1n) is 7.39. The molecule has 0 bridgehead atoms. The minimum absolute atomic E-state index is 0.267. The van der Waals surface area contributed by atoms with Crippen molar-refractivity contribution in [3.05, 3.63) is 29.8 Å². The number of carbonyl (C=O) groups is 1. The molecule has 116 valence electrons. The van der Waals surface area contributed by atoms with E-state index in [1.54, 1.807) is 0 Å². The summed E-state index contributed by atoms with van der Waals surface area (Å²) in [4.78, 5) is 12.9. The molecule has 1 aliphatic heterocycles. The minimum Gasteiger partial charge on any atom is -0.491 e. The highest BCUT2D eigenvalue weighted by molar-refractivity contribution is 5.73. The Balaban J connectivity index is 1.87. The van der Waals surface area contributed by atoms with Gasteiger partial charge in [0, 0.05) is 19.5 Å². The third-order valence-electron chi connectivity index (χ3n) is 3.81. The van der Waals surface area contributed by atoms with Crippen LogP contribution in [0.2, 0.25) is 0 Å². The summed E-state index contributed by atoms with van der Waals surface area (Å²) < 4.78 is 5.73. The Labute approximate surface area is 125 Å². The third kappa shape index (κ3) is 5.02. The first-order valence-corrected chi connectivity index (χ1v) is 7.39. The normalized spacial score (nSPS) is 23.0. The maximum atomic E-state index is 10.9. The number of rotatable bonds is 6. The molecule has 2 rings (SSSR count). The molecular weight excluding hydrogens is 268 g/mol. The molecule has 1 aromatic carbocycles. The molecule has 1 aromatic rings. The van der Waals surface area contributed by atoms with Crippen molar-refractivity contribution in [2.24, 2.45) is 5.73 Å². The molecule has 21 heavy (non-hydrogen) atoms. The number of piperidine rings is 1. The second kappa shape index (κ2) is 6.91. The summed E-state index contributed by atoms with van der Waals surface area (Å²) in [7, 11) is 0. The van der Waals surface area contributed by atoms with E-state index in [1.807, 2.05) is 31.2 Å². The largest absolute Gasteiger partial charge is 0.491 e. The molecule has 1 unspecified atom stereocenters. The van der Waals surface area contributed by atoms with Crippen LogP contribution in [0.3, 0.4) is 0 Å². The zero-order chi connectivity index (χ0) is 15.3. The van der Waals surface area contributed by atoms with Crippen LogP contribution in [0.15, 0.2) is 24.3 Å². The zero-order valence-electron chi connectivity index (χ0n) is 12.5. The number of aryl methyl sites for hydroxylation is 1. The van der Waals surface area contributed by atoms with Crippen molar-refractivity contribution in [3.63, 3.8) is 0 Å². The van der Waals surface area contributed by atoms with Crippen molar-refractivity contribution in [2.75, 3.05) is 26.2 Å². The number of hydrogen-bond donors (Lipinski definition) is 2. The van der Waals surface area contributed by atoms with Gasteiger partial charge in [0.25, 0.3) is 0 Å². The number of amides is 1. The molecule has 0 spiro atoms. The fraction of sp³-hybridized carbons (Fsp3) is 0.562. The average Bonchev–Trinajstić information content (AvgIpc) is 2.43. The van der Waals surface area contributed by atoms with Gasteiger partial charge in [-0.3, -0.25) is 9.69 Å². The van der Waals surface area contributed by atoms with Crippen LogP contribution >= 0.6 is 0 Å². The number of aliphatic hydroxyl groups is 1. The van der Waals surface area contributed by atoms with Gasteiger partial charge in [0.15, 0.2) is 0 Å². The van der Waals surface area contributed by atoms with Gasteiger partial charge in [-0.25, -0.2) is 0 Å². The molecular formula is C16H24N2O3. The van der Waals surface area contributed by atoms with Crippen molar-refractivity contribution in [2.45, 2.75) is 31.8 Å². The summed E-state index contributed by atoms with van der Waals surface area (Å²) in [6.45, 7) is 4.28. The highest BCUT2D eigenvalue weighted by atomic mass is 16.5. The summed E-state index contributed by atoms with van der Waals surface area (Å²) in [5.41, 5.74) is 5.44. The number of nitrogens with zero attached hydrogens (tertiary/aromatic N) is 1. The monoisotopic (exact) mass is 292 g/mol. The van der Waals surface area contributed by atoms with Gasteiger partial charge < -0.3 is 15.6 Å². The van der Waals surface area contributed by atoms with Crippen molar-refractivity contribution in [1.82, 2.24) is 4.90 Å². The first kappa shape index (κ1) is 15.8. The molecule has 5 heteroatoms. The summed E-state index contributed by atoms with van der Waals surface area (Å²) in [5.74, 6) is 0.470. The Kier molecular flexibility index (Phi) is 5.20. The van der Waals surface area contributed by atoms with Crippen molar-refractivity contribution in [1.29, 1.82) is 0 Å². The number of hydrogen-bond acceptors (Lipinski definition) is 4. The number of nitrogens with two attached hydrogens (primary N) is 1. The number of likely N-dealkylation sites (tertiary alicyclic amines) is 1. The lowest BCUT2D eigenvalue weighted by Gasteiger charge is -2.38. The Bertz CT molecular complexity index is 492. The van der Waals surface area contributed by atoms with Gasteiger partial charge in [-0.2, -0.15) is 0 Å². The van der Waals surface area contributed by atoms with E-state index in [0.717, 1.165) is 24.3 Å². The van der Waals surface area contributed by atoms with E-state index in [-0.39, 0.29) is 12.5 Å². The van der Waals surface area contributed by atoms with E-state index >= 15 is 0 Å². The maximum Gasteiger partial charge on any atom is 0.218 e. The van der Waals surface area contributed by atoms with E-state index in [0.29, 0.717) is 25.9 Å². The number of β-amino-alcohol motifs (C(OH)–C–C–N with tert-alkyl or cyclic N) is 1.